The van der Waals surface area contributed by atoms with Crippen molar-refractivity contribution in [2.75, 3.05) is 33.4 Å². The Morgan fingerprint density at radius 2 is 1.83 bits per heavy atom. The van der Waals surface area contributed by atoms with Crippen LogP contribution in [0.15, 0.2) is 0 Å². The van der Waals surface area contributed by atoms with Crippen LogP contribution in [0.2, 0.25) is 0 Å². The zero-order valence-electron chi connectivity index (χ0n) is 12.0. The average molecular weight is 255 g/mol. The van der Waals surface area contributed by atoms with E-state index in [9.17, 15) is 0 Å². The maximum atomic E-state index is 6.38. The summed E-state index contributed by atoms with van der Waals surface area (Å²) in [4.78, 5) is 0. The van der Waals surface area contributed by atoms with Crippen molar-refractivity contribution in [2.24, 2.45) is 11.8 Å². The molecule has 1 N–H and O–H groups in total. The molecule has 0 aromatic carbocycles. The zero-order chi connectivity index (χ0) is 12.8. The van der Waals surface area contributed by atoms with Crippen molar-refractivity contribution < 1.29 is 9.47 Å². The van der Waals surface area contributed by atoms with E-state index >= 15 is 0 Å². The van der Waals surface area contributed by atoms with E-state index in [1.54, 1.807) is 0 Å². The van der Waals surface area contributed by atoms with E-state index in [0.717, 1.165) is 32.3 Å². The number of hydrogen-bond donors (Lipinski definition) is 1. The Morgan fingerprint density at radius 1 is 1.17 bits per heavy atom. The van der Waals surface area contributed by atoms with Crippen LogP contribution in [0.1, 0.15) is 45.4 Å². The van der Waals surface area contributed by atoms with Crippen LogP contribution in [-0.4, -0.2) is 39.0 Å². The second-order valence-electron chi connectivity index (χ2n) is 6.26. The van der Waals surface area contributed by atoms with Crippen molar-refractivity contribution >= 4 is 0 Å². The molecule has 18 heavy (non-hydrogen) atoms. The Hall–Kier alpha value is -0.120. The molecule has 0 radical (unpaired) electrons. The molecule has 2 fully saturated rings. The minimum atomic E-state index is 0.111. The van der Waals surface area contributed by atoms with Crippen LogP contribution in [0.25, 0.3) is 0 Å². The molecule has 0 atom stereocenters. The molecule has 0 amide bonds. The van der Waals surface area contributed by atoms with Gasteiger partial charge in [0.2, 0.25) is 0 Å². The van der Waals surface area contributed by atoms with Crippen LogP contribution in [0, 0.1) is 11.8 Å². The number of rotatable bonds is 5. The van der Waals surface area contributed by atoms with E-state index < -0.39 is 0 Å². The lowest BCUT2D eigenvalue weighted by Gasteiger charge is -2.40. The molecule has 1 aliphatic carbocycles. The fourth-order valence-electron chi connectivity index (χ4n) is 3.19. The van der Waals surface area contributed by atoms with Crippen molar-refractivity contribution in [3.8, 4) is 0 Å². The third-order valence-corrected chi connectivity index (χ3v) is 4.65. The van der Waals surface area contributed by atoms with E-state index in [0.29, 0.717) is 5.92 Å². The number of hydrogen-bond acceptors (Lipinski definition) is 3. The van der Waals surface area contributed by atoms with Gasteiger partial charge in [0.25, 0.3) is 0 Å². The van der Waals surface area contributed by atoms with Crippen molar-refractivity contribution in [1.29, 1.82) is 0 Å². The quantitative estimate of drug-likeness (QED) is 0.819. The molecule has 0 aromatic rings. The van der Waals surface area contributed by atoms with Crippen LogP contribution in [0.5, 0.6) is 0 Å². The fraction of sp³-hybridized carbons (Fsp3) is 1.00. The van der Waals surface area contributed by atoms with Crippen molar-refractivity contribution in [2.45, 2.75) is 51.0 Å². The fourth-order valence-corrected chi connectivity index (χ4v) is 3.19. The second-order valence-corrected chi connectivity index (χ2v) is 6.26. The molecule has 106 valence electrons. The Morgan fingerprint density at radius 3 is 2.44 bits per heavy atom. The minimum Gasteiger partial charge on any atom is -0.381 e. The maximum absolute atomic E-state index is 6.38. The van der Waals surface area contributed by atoms with E-state index in [1.807, 2.05) is 7.05 Å². The average Bonchev–Trinajstić information content (AvgIpc) is 2.41. The number of ether oxygens (including phenoxy) is 2. The van der Waals surface area contributed by atoms with Gasteiger partial charge in [-0.05, 0) is 57.4 Å². The highest BCUT2D eigenvalue weighted by atomic mass is 16.5. The van der Waals surface area contributed by atoms with Gasteiger partial charge in [-0.2, -0.15) is 0 Å². The van der Waals surface area contributed by atoms with Crippen LogP contribution in [0.4, 0.5) is 0 Å². The molecule has 3 nitrogen and oxygen atoms in total. The van der Waals surface area contributed by atoms with E-state index in [-0.39, 0.29) is 5.60 Å². The minimum absolute atomic E-state index is 0.111. The molecule has 0 bridgehead atoms. The summed E-state index contributed by atoms with van der Waals surface area (Å²) in [7, 11) is 2.04. The van der Waals surface area contributed by atoms with Gasteiger partial charge in [-0.15, -0.1) is 0 Å². The summed E-state index contributed by atoms with van der Waals surface area (Å²) < 4.78 is 11.8. The van der Waals surface area contributed by atoms with Crippen molar-refractivity contribution in [3.05, 3.63) is 0 Å². The summed E-state index contributed by atoms with van der Waals surface area (Å²) in [6.45, 7) is 6.14. The largest absolute Gasteiger partial charge is 0.381 e. The molecule has 1 aliphatic heterocycles. The first-order chi connectivity index (χ1) is 8.74. The van der Waals surface area contributed by atoms with Crippen molar-refractivity contribution in [1.82, 2.24) is 5.32 Å². The zero-order valence-corrected chi connectivity index (χ0v) is 12.0. The molecule has 2 rings (SSSR count). The summed E-state index contributed by atoms with van der Waals surface area (Å²) in [6.07, 6.45) is 7.42. The van der Waals surface area contributed by atoms with Gasteiger partial charge in [0, 0.05) is 19.8 Å². The van der Waals surface area contributed by atoms with E-state index in [4.69, 9.17) is 9.47 Å². The summed E-state index contributed by atoms with van der Waals surface area (Å²) >= 11 is 0. The predicted octanol–water partition coefficient (Wildman–Crippen LogP) is 2.60. The Kier molecular flexibility index (Phi) is 5.46. The summed E-state index contributed by atoms with van der Waals surface area (Å²) in [5, 5.41) is 3.33. The smallest absolute Gasteiger partial charge is 0.0806 e. The van der Waals surface area contributed by atoms with Gasteiger partial charge in [-0.3, -0.25) is 0 Å². The first-order valence-corrected chi connectivity index (χ1v) is 7.60. The number of likely N-dealkylation sites (N-methyl/N-ethyl adjacent to an activating group) is 1. The van der Waals surface area contributed by atoms with Gasteiger partial charge >= 0.3 is 0 Å². The molecule has 1 saturated heterocycles. The lowest BCUT2D eigenvalue weighted by atomic mass is 9.79. The Balaban J connectivity index is 1.81. The third kappa shape index (κ3) is 3.94. The summed E-state index contributed by atoms with van der Waals surface area (Å²) in [5.41, 5.74) is 0.111. The van der Waals surface area contributed by atoms with Gasteiger partial charge in [-0.1, -0.05) is 6.92 Å². The lowest BCUT2D eigenvalue weighted by Crippen LogP contribution is -2.46. The topological polar surface area (TPSA) is 30.5 Å². The first kappa shape index (κ1) is 14.3. The van der Waals surface area contributed by atoms with Gasteiger partial charge < -0.3 is 14.8 Å². The van der Waals surface area contributed by atoms with Crippen LogP contribution >= 0.6 is 0 Å². The van der Waals surface area contributed by atoms with E-state index in [1.165, 1.54) is 38.5 Å². The monoisotopic (exact) mass is 255 g/mol. The SMILES string of the molecule is CNCC1(OCC2CCOCC2)CCC(C)CC1. The molecule has 1 heterocycles. The lowest BCUT2D eigenvalue weighted by molar-refractivity contribution is -0.0972. The van der Waals surface area contributed by atoms with Gasteiger partial charge in [-0.25, -0.2) is 0 Å². The molecular formula is C15H29NO2. The predicted molar refractivity (Wildman–Crippen MR) is 73.8 cm³/mol. The molecule has 1 saturated carbocycles. The van der Waals surface area contributed by atoms with Crippen LogP contribution < -0.4 is 5.32 Å². The maximum Gasteiger partial charge on any atom is 0.0806 e. The van der Waals surface area contributed by atoms with Gasteiger partial charge in [0.1, 0.15) is 0 Å². The highest BCUT2D eigenvalue weighted by Gasteiger charge is 2.35. The Bertz CT molecular complexity index is 231. The normalized spacial score (nSPS) is 34.7. The first-order valence-electron chi connectivity index (χ1n) is 7.60. The second kappa shape index (κ2) is 6.88. The highest BCUT2D eigenvalue weighted by molar-refractivity contribution is 4.88. The van der Waals surface area contributed by atoms with Crippen molar-refractivity contribution in [3.63, 3.8) is 0 Å². The van der Waals surface area contributed by atoms with Gasteiger partial charge in [0.05, 0.1) is 12.2 Å². The molecule has 2 aliphatic rings. The standard InChI is InChI=1S/C15H29NO2/c1-13-3-7-15(8-4-13,12-16-2)18-11-14-5-9-17-10-6-14/h13-14,16H,3-12H2,1-2H3. The molecule has 0 spiro atoms. The Labute approximate surface area is 112 Å². The van der Waals surface area contributed by atoms with Crippen LogP contribution in [-0.2, 0) is 9.47 Å². The van der Waals surface area contributed by atoms with E-state index in [2.05, 4.69) is 12.2 Å². The number of nitrogens with one attached hydrogen (secondary N) is 1. The summed E-state index contributed by atoms with van der Waals surface area (Å²) in [5.74, 6) is 1.59. The third-order valence-electron chi connectivity index (χ3n) is 4.65. The van der Waals surface area contributed by atoms with Gasteiger partial charge in [0.15, 0.2) is 0 Å². The molecule has 0 unspecified atom stereocenters. The summed E-state index contributed by atoms with van der Waals surface area (Å²) in [6, 6.07) is 0. The highest BCUT2D eigenvalue weighted by Crippen LogP contribution is 2.35. The molecule has 3 heteroatoms. The van der Waals surface area contributed by atoms with Crippen LogP contribution in [0.3, 0.4) is 0 Å². The molecule has 0 aromatic heterocycles. The molecular weight excluding hydrogens is 226 g/mol.